The SMILES string of the molecule is CC1(C)CC(C)(C)c2cc3c(cc21)-c1cc(-c2cccc4c(N(c5cccc(-c6ccccc6)c5)c5ccc6c7ccccc7n(-c7ccccc7)c6c5)cccc24)ccc1C3(C)C. The van der Waals surface area contributed by atoms with Gasteiger partial charge >= 0.3 is 0 Å². The number of fused-ring (bicyclic) bond motifs is 8. The molecule has 0 aliphatic heterocycles. The lowest BCUT2D eigenvalue weighted by Crippen LogP contribution is -2.18. The zero-order valence-corrected chi connectivity index (χ0v) is 37.6. The number of hydrogen-bond donors (Lipinski definition) is 0. The van der Waals surface area contributed by atoms with Crippen LogP contribution in [0.3, 0.4) is 0 Å². The highest BCUT2D eigenvalue weighted by Gasteiger charge is 2.45. The summed E-state index contributed by atoms with van der Waals surface area (Å²) in [6.07, 6.45) is 1.17. The van der Waals surface area contributed by atoms with E-state index in [1.807, 2.05) is 0 Å². The van der Waals surface area contributed by atoms with E-state index in [9.17, 15) is 0 Å². The number of para-hydroxylation sites is 2. The second-order valence-corrected chi connectivity index (χ2v) is 20.1. The Balaban J connectivity index is 1.06. The van der Waals surface area contributed by atoms with Crippen LogP contribution in [0.15, 0.2) is 194 Å². The molecule has 0 spiro atoms. The Morgan fingerprint density at radius 3 is 1.81 bits per heavy atom. The molecule has 1 aromatic heterocycles. The molecule has 2 heteroatoms. The van der Waals surface area contributed by atoms with E-state index in [0.29, 0.717) is 0 Å². The summed E-state index contributed by atoms with van der Waals surface area (Å²) >= 11 is 0. The highest BCUT2D eigenvalue weighted by Crippen LogP contribution is 2.57. The van der Waals surface area contributed by atoms with E-state index in [0.717, 1.165) is 22.7 Å². The summed E-state index contributed by atoms with van der Waals surface area (Å²) in [4.78, 5) is 2.47. The van der Waals surface area contributed by atoms with Gasteiger partial charge in [0.2, 0.25) is 0 Å². The van der Waals surface area contributed by atoms with E-state index in [1.165, 1.54) is 94.6 Å². The molecule has 9 aromatic carbocycles. The first-order valence-corrected chi connectivity index (χ1v) is 22.9. The second kappa shape index (κ2) is 13.9. The minimum absolute atomic E-state index is 0.0743. The van der Waals surface area contributed by atoms with Crippen molar-refractivity contribution in [3.63, 3.8) is 0 Å². The van der Waals surface area contributed by atoms with E-state index in [4.69, 9.17) is 0 Å². The van der Waals surface area contributed by atoms with Crippen LogP contribution >= 0.6 is 0 Å². The van der Waals surface area contributed by atoms with E-state index in [1.54, 1.807) is 0 Å². The quantitative estimate of drug-likeness (QED) is 0.162. The van der Waals surface area contributed by atoms with Crippen molar-refractivity contribution in [3.05, 3.63) is 216 Å². The molecule has 0 fully saturated rings. The van der Waals surface area contributed by atoms with Crippen molar-refractivity contribution in [1.82, 2.24) is 4.57 Å². The van der Waals surface area contributed by atoms with Crippen LogP contribution in [-0.2, 0) is 16.2 Å². The maximum absolute atomic E-state index is 2.57. The van der Waals surface area contributed by atoms with Crippen LogP contribution in [0.4, 0.5) is 17.1 Å². The largest absolute Gasteiger partial charge is 0.310 e. The van der Waals surface area contributed by atoms with Gasteiger partial charge in [-0.05, 0) is 139 Å². The van der Waals surface area contributed by atoms with Gasteiger partial charge in [0, 0.05) is 38.6 Å². The molecule has 0 amide bonds. The van der Waals surface area contributed by atoms with Crippen LogP contribution in [0, 0.1) is 0 Å². The monoisotopic (exact) mass is 824 g/mol. The van der Waals surface area contributed by atoms with Gasteiger partial charge in [-0.15, -0.1) is 0 Å². The van der Waals surface area contributed by atoms with Gasteiger partial charge in [-0.25, -0.2) is 0 Å². The minimum atomic E-state index is -0.0743. The molecule has 2 aliphatic carbocycles. The van der Waals surface area contributed by atoms with E-state index < -0.39 is 0 Å². The molecule has 0 unspecified atom stereocenters. The Labute approximate surface area is 377 Å². The molecule has 0 saturated carbocycles. The standard InChI is InChI=1S/C62H52N2/c1-60(2)39-61(3,4)56-38-54-52(37-55(56)60)51-35-42(30-33-53(51)62(54,5)6)46-25-16-27-48-47(46)26-17-29-57(48)63(44-23-15-20-41(34-44)40-18-9-7-10-19-40)45-31-32-50-49-24-13-14-28-58(49)64(59(50)36-45)43-21-11-8-12-22-43/h7-38H,39H2,1-6H3. The fraction of sp³-hybridized carbons (Fsp3) is 0.161. The average Bonchev–Trinajstić information content (AvgIpc) is 3.83. The van der Waals surface area contributed by atoms with Gasteiger partial charge in [-0.1, -0.05) is 175 Å². The third kappa shape index (κ3) is 5.78. The first-order valence-electron chi connectivity index (χ1n) is 22.9. The van der Waals surface area contributed by atoms with Crippen LogP contribution in [0.5, 0.6) is 0 Å². The molecule has 0 saturated heterocycles. The smallest absolute Gasteiger partial charge is 0.0561 e. The summed E-state index contributed by atoms with van der Waals surface area (Å²) < 4.78 is 2.41. The third-order valence-corrected chi connectivity index (χ3v) is 14.7. The highest BCUT2D eigenvalue weighted by molar-refractivity contribution is 6.11. The number of benzene rings is 9. The van der Waals surface area contributed by atoms with Crippen molar-refractivity contribution in [2.75, 3.05) is 4.90 Å². The van der Waals surface area contributed by atoms with Crippen LogP contribution in [-0.4, -0.2) is 4.57 Å². The fourth-order valence-electron chi connectivity index (χ4n) is 12.0. The molecule has 2 aliphatic rings. The Kier molecular flexibility index (Phi) is 8.38. The van der Waals surface area contributed by atoms with Crippen molar-refractivity contribution in [1.29, 1.82) is 0 Å². The van der Waals surface area contributed by atoms with Crippen LogP contribution in [0.25, 0.3) is 71.6 Å². The molecule has 12 rings (SSSR count). The predicted molar refractivity (Wildman–Crippen MR) is 272 cm³/mol. The Morgan fingerprint density at radius 2 is 1.00 bits per heavy atom. The molecule has 64 heavy (non-hydrogen) atoms. The maximum Gasteiger partial charge on any atom is 0.0561 e. The van der Waals surface area contributed by atoms with Crippen molar-refractivity contribution in [2.24, 2.45) is 0 Å². The summed E-state index contributed by atoms with van der Waals surface area (Å²) in [6.45, 7) is 14.6. The zero-order valence-electron chi connectivity index (χ0n) is 37.6. The Morgan fingerprint density at radius 1 is 0.375 bits per heavy atom. The number of anilines is 3. The molecular weight excluding hydrogens is 773 g/mol. The van der Waals surface area contributed by atoms with Crippen LogP contribution in [0.2, 0.25) is 0 Å². The van der Waals surface area contributed by atoms with Crippen molar-refractivity contribution in [3.8, 4) is 39.1 Å². The maximum atomic E-state index is 2.57. The summed E-state index contributed by atoms with van der Waals surface area (Å²) in [5, 5.41) is 4.92. The molecule has 0 radical (unpaired) electrons. The summed E-state index contributed by atoms with van der Waals surface area (Å²) in [5.74, 6) is 0. The van der Waals surface area contributed by atoms with Gasteiger partial charge in [-0.3, -0.25) is 0 Å². The molecule has 1 heterocycles. The van der Waals surface area contributed by atoms with Gasteiger partial charge in [0.15, 0.2) is 0 Å². The van der Waals surface area contributed by atoms with Gasteiger partial charge in [0.1, 0.15) is 0 Å². The molecule has 0 bridgehead atoms. The van der Waals surface area contributed by atoms with Crippen molar-refractivity contribution >= 4 is 49.6 Å². The number of rotatable bonds is 6. The van der Waals surface area contributed by atoms with Gasteiger partial charge in [-0.2, -0.15) is 0 Å². The normalized spacial score (nSPS) is 15.3. The first-order chi connectivity index (χ1) is 31.0. The van der Waals surface area contributed by atoms with Gasteiger partial charge < -0.3 is 9.47 Å². The molecule has 2 nitrogen and oxygen atoms in total. The van der Waals surface area contributed by atoms with Crippen molar-refractivity contribution < 1.29 is 0 Å². The Hall–Kier alpha value is -7.16. The van der Waals surface area contributed by atoms with Crippen molar-refractivity contribution in [2.45, 2.75) is 64.2 Å². The third-order valence-electron chi connectivity index (χ3n) is 14.7. The van der Waals surface area contributed by atoms with Crippen LogP contribution in [0.1, 0.15) is 70.2 Å². The van der Waals surface area contributed by atoms with Gasteiger partial charge in [0.05, 0.1) is 16.7 Å². The molecule has 0 N–H and O–H groups in total. The average molecular weight is 825 g/mol. The van der Waals surface area contributed by atoms with E-state index in [2.05, 4.69) is 245 Å². The lowest BCUT2D eigenvalue weighted by atomic mass is 9.79. The first kappa shape index (κ1) is 38.5. The number of aromatic nitrogens is 1. The molecule has 310 valence electrons. The van der Waals surface area contributed by atoms with Gasteiger partial charge in [0.25, 0.3) is 0 Å². The summed E-state index contributed by atoms with van der Waals surface area (Å²) in [7, 11) is 0. The molecular formula is C62H52N2. The molecule has 0 atom stereocenters. The number of nitrogens with zero attached hydrogens (tertiary/aromatic N) is 2. The molecule has 10 aromatic rings. The lowest BCUT2D eigenvalue weighted by molar-refractivity contribution is 0.403. The predicted octanol–water partition coefficient (Wildman–Crippen LogP) is 17.0. The number of hydrogen-bond acceptors (Lipinski definition) is 1. The van der Waals surface area contributed by atoms with E-state index >= 15 is 0 Å². The summed E-state index contributed by atoms with van der Waals surface area (Å²) in [5.41, 5.74) is 20.7. The lowest BCUT2D eigenvalue weighted by Gasteiger charge is -2.28. The van der Waals surface area contributed by atoms with Crippen LogP contribution < -0.4 is 4.90 Å². The topological polar surface area (TPSA) is 8.17 Å². The zero-order chi connectivity index (χ0) is 43.5. The highest BCUT2D eigenvalue weighted by atomic mass is 15.1. The summed E-state index contributed by atoms with van der Waals surface area (Å²) in [6, 6.07) is 72.4. The van der Waals surface area contributed by atoms with E-state index in [-0.39, 0.29) is 16.2 Å². The second-order valence-electron chi connectivity index (χ2n) is 20.1. The fourth-order valence-corrected chi connectivity index (χ4v) is 12.0. The Bertz CT molecular complexity index is 3490. The minimum Gasteiger partial charge on any atom is -0.310 e.